The van der Waals surface area contributed by atoms with E-state index in [4.69, 9.17) is 0 Å². The molecule has 10 heavy (non-hydrogen) atoms. The maximum Gasteiger partial charge on any atom is 0.0734 e. The first-order valence-corrected chi connectivity index (χ1v) is 4.41. The van der Waals surface area contributed by atoms with E-state index in [1.807, 2.05) is 0 Å². The molecule has 4 unspecified atom stereocenters. The molecule has 0 heterocycles. The average Bonchev–Trinajstić information content (AvgIpc) is 1.91. The lowest BCUT2D eigenvalue weighted by molar-refractivity contribution is -0.353. The van der Waals surface area contributed by atoms with Crippen molar-refractivity contribution in [2.45, 2.75) is 38.2 Å². The molecule has 3 saturated carbocycles. The maximum atomic E-state index is 10.0. The molecule has 0 spiro atoms. The van der Waals surface area contributed by atoms with E-state index in [0.29, 0.717) is 11.3 Å². The molecule has 1 heteroatoms. The van der Waals surface area contributed by atoms with Crippen LogP contribution in [-0.4, -0.2) is 10.7 Å². The summed E-state index contributed by atoms with van der Waals surface area (Å²) in [6.45, 7) is 2.27. The molecule has 0 radical (unpaired) electrons. The zero-order chi connectivity index (χ0) is 6.98. The number of aliphatic hydroxyl groups is 1. The molecular weight excluding hydrogens is 124 g/mol. The van der Waals surface area contributed by atoms with E-state index in [1.165, 1.54) is 19.3 Å². The summed E-state index contributed by atoms with van der Waals surface area (Å²) >= 11 is 0. The highest BCUT2D eigenvalue weighted by Crippen LogP contribution is 2.76. The van der Waals surface area contributed by atoms with Crippen LogP contribution in [0.2, 0.25) is 0 Å². The van der Waals surface area contributed by atoms with Crippen LogP contribution in [0.25, 0.3) is 0 Å². The Bertz CT molecular complexity index is 179. The summed E-state index contributed by atoms with van der Waals surface area (Å²) in [7, 11) is 0. The molecule has 4 atom stereocenters. The van der Waals surface area contributed by atoms with Crippen LogP contribution in [0.3, 0.4) is 0 Å². The maximum absolute atomic E-state index is 10.0. The average molecular weight is 138 g/mol. The van der Waals surface area contributed by atoms with Crippen LogP contribution in [0, 0.1) is 17.3 Å². The second kappa shape index (κ2) is 1.18. The van der Waals surface area contributed by atoms with Gasteiger partial charge in [-0.25, -0.2) is 0 Å². The molecular formula is C9H14O. The van der Waals surface area contributed by atoms with Crippen molar-refractivity contribution in [3.8, 4) is 0 Å². The Kier molecular flexibility index (Phi) is 0.658. The molecule has 0 aromatic carbocycles. The van der Waals surface area contributed by atoms with E-state index < -0.39 is 0 Å². The first-order chi connectivity index (χ1) is 4.68. The third-order valence-corrected chi connectivity index (χ3v) is 4.72. The summed E-state index contributed by atoms with van der Waals surface area (Å²) in [6, 6.07) is 0. The SMILES string of the molecule is CC12CCC1C1CCC12O. The number of hydrogen-bond donors (Lipinski definition) is 1. The van der Waals surface area contributed by atoms with E-state index in [2.05, 4.69) is 6.92 Å². The Hall–Kier alpha value is -0.0400. The van der Waals surface area contributed by atoms with Gasteiger partial charge in [0.25, 0.3) is 0 Å². The quantitative estimate of drug-likeness (QED) is 0.538. The highest BCUT2D eigenvalue weighted by Gasteiger charge is 2.76. The summed E-state index contributed by atoms with van der Waals surface area (Å²) in [4.78, 5) is 0. The summed E-state index contributed by atoms with van der Waals surface area (Å²) in [5.74, 6) is 1.62. The predicted molar refractivity (Wildman–Crippen MR) is 38.5 cm³/mol. The number of hydrogen-bond acceptors (Lipinski definition) is 1. The van der Waals surface area contributed by atoms with Crippen molar-refractivity contribution in [1.82, 2.24) is 0 Å². The Morgan fingerprint density at radius 1 is 1.20 bits per heavy atom. The van der Waals surface area contributed by atoms with Crippen LogP contribution in [0.1, 0.15) is 32.6 Å². The summed E-state index contributed by atoms with van der Waals surface area (Å²) in [5, 5.41) is 10.0. The van der Waals surface area contributed by atoms with Crippen molar-refractivity contribution in [2.24, 2.45) is 17.3 Å². The largest absolute Gasteiger partial charge is 0.389 e. The van der Waals surface area contributed by atoms with Gasteiger partial charge in [-0.15, -0.1) is 0 Å². The molecule has 56 valence electrons. The molecule has 0 bridgehead atoms. The van der Waals surface area contributed by atoms with Crippen molar-refractivity contribution < 1.29 is 5.11 Å². The Morgan fingerprint density at radius 3 is 2.00 bits per heavy atom. The molecule has 1 nitrogen and oxygen atoms in total. The summed E-state index contributed by atoms with van der Waals surface area (Å²) in [6.07, 6.45) is 5.07. The van der Waals surface area contributed by atoms with E-state index in [1.54, 1.807) is 0 Å². The van der Waals surface area contributed by atoms with Gasteiger partial charge < -0.3 is 5.11 Å². The van der Waals surface area contributed by atoms with Gasteiger partial charge in [-0.05, 0) is 42.9 Å². The van der Waals surface area contributed by atoms with Gasteiger partial charge in [-0.2, -0.15) is 0 Å². The van der Waals surface area contributed by atoms with Crippen molar-refractivity contribution in [3.63, 3.8) is 0 Å². The van der Waals surface area contributed by atoms with E-state index in [0.717, 1.165) is 12.3 Å². The van der Waals surface area contributed by atoms with Crippen LogP contribution in [0.5, 0.6) is 0 Å². The minimum absolute atomic E-state index is 0.185. The summed E-state index contributed by atoms with van der Waals surface area (Å²) in [5.41, 5.74) is 0.186. The van der Waals surface area contributed by atoms with Gasteiger partial charge in [0.05, 0.1) is 5.60 Å². The number of rotatable bonds is 0. The standard InChI is InChI=1S/C9H14O/c1-8-4-2-6(8)7-3-5-9(7,8)10/h6-7,10H,2-5H2,1H3. The van der Waals surface area contributed by atoms with Crippen molar-refractivity contribution in [1.29, 1.82) is 0 Å². The van der Waals surface area contributed by atoms with Gasteiger partial charge in [-0.1, -0.05) is 6.92 Å². The number of fused-ring (bicyclic) bond motifs is 4. The van der Waals surface area contributed by atoms with Crippen molar-refractivity contribution >= 4 is 0 Å². The van der Waals surface area contributed by atoms with Crippen LogP contribution in [0.15, 0.2) is 0 Å². The minimum Gasteiger partial charge on any atom is -0.389 e. The second-order valence-corrected chi connectivity index (χ2v) is 4.63. The first-order valence-electron chi connectivity index (χ1n) is 4.41. The lowest BCUT2D eigenvalue weighted by Gasteiger charge is -2.77. The fourth-order valence-corrected chi connectivity index (χ4v) is 3.66. The first kappa shape index (κ1) is 5.59. The molecule has 0 aromatic heterocycles. The van der Waals surface area contributed by atoms with Gasteiger partial charge in [-0.3, -0.25) is 0 Å². The van der Waals surface area contributed by atoms with Crippen molar-refractivity contribution in [2.75, 3.05) is 0 Å². The highest BCUT2D eigenvalue weighted by atomic mass is 16.3. The Morgan fingerprint density at radius 2 is 1.90 bits per heavy atom. The predicted octanol–water partition coefficient (Wildman–Crippen LogP) is 1.56. The van der Waals surface area contributed by atoms with Gasteiger partial charge in [0.15, 0.2) is 0 Å². The molecule has 3 rings (SSSR count). The fourth-order valence-electron chi connectivity index (χ4n) is 3.66. The summed E-state index contributed by atoms with van der Waals surface area (Å²) < 4.78 is 0. The highest BCUT2D eigenvalue weighted by molar-refractivity contribution is 5.25. The lowest BCUT2D eigenvalue weighted by Crippen LogP contribution is -2.78. The smallest absolute Gasteiger partial charge is 0.0734 e. The van der Waals surface area contributed by atoms with Gasteiger partial charge in [0, 0.05) is 0 Å². The van der Waals surface area contributed by atoms with E-state index >= 15 is 0 Å². The van der Waals surface area contributed by atoms with Crippen LogP contribution in [0.4, 0.5) is 0 Å². The minimum atomic E-state index is -0.185. The molecule has 0 aromatic rings. The van der Waals surface area contributed by atoms with Gasteiger partial charge >= 0.3 is 0 Å². The zero-order valence-electron chi connectivity index (χ0n) is 6.43. The second-order valence-electron chi connectivity index (χ2n) is 4.63. The topological polar surface area (TPSA) is 20.2 Å². The lowest BCUT2D eigenvalue weighted by atomic mass is 9.29. The van der Waals surface area contributed by atoms with E-state index in [9.17, 15) is 5.11 Å². The molecule has 0 saturated heterocycles. The third-order valence-electron chi connectivity index (χ3n) is 4.72. The van der Waals surface area contributed by atoms with Crippen LogP contribution < -0.4 is 0 Å². The van der Waals surface area contributed by atoms with Gasteiger partial charge in [0.1, 0.15) is 0 Å². The van der Waals surface area contributed by atoms with Gasteiger partial charge in [0.2, 0.25) is 0 Å². The Labute approximate surface area is 61.4 Å². The van der Waals surface area contributed by atoms with Crippen molar-refractivity contribution in [3.05, 3.63) is 0 Å². The third kappa shape index (κ3) is 0.282. The van der Waals surface area contributed by atoms with E-state index in [-0.39, 0.29) is 5.60 Å². The molecule has 3 fully saturated rings. The van der Waals surface area contributed by atoms with Crippen LogP contribution in [-0.2, 0) is 0 Å². The fraction of sp³-hybridized carbons (Fsp3) is 1.00. The normalized spacial score (nSPS) is 70.2. The molecule has 0 amide bonds. The Balaban J connectivity index is 1.99. The monoisotopic (exact) mass is 138 g/mol. The zero-order valence-corrected chi connectivity index (χ0v) is 6.43. The molecule has 3 aliphatic rings. The van der Waals surface area contributed by atoms with Crippen LogP contribution >= 0.6 is 0 Å². The molecule has 3 aliphatic carbocycles. The molecule has 1 N–H and O–H groups in total. The molecule has 0 aliphatic heterocycles.